The molecule has 0 unspecified atom stereocenters. The number of rotatable bonds is 5. The van der Waals surface area contributed by atoms with Crippen molar-refractivity contribution in [1.82, 2.24) is 23.8 Å². The second-order valence-electron chi connectivity index (χ2n) is 13.1. The van der Waals surface area contributed by atoms with Crippen molar-refractivity contribution in [3.8, 4) is 45.1 Å². The monoisotopic (exact) mass is 872 g/mol. The molecule has 54 heavy (non-hydrogen) atoms. The van der Waals surface area contributed by atoms with Gasteiger partial charge in [-0.3, -0.25) is 9.97 Å². The molecule has 0 bridgehead atoms. The number of hydrogen-bond acceptors (Lipinski definition) is 4. The van der Waals surface area contributed by atoms with E-state index in [-0.39, 0.29) is 21.1 Å². The van der Waals surface area contributed by atoms with E-state index in [0.29, 0.717) is 11.5 Å². The van der Waals surface area contributed by atoms with Crippen LogP contribution < -0.4 is 4.74 Å². The zero-order valence-electron chi connectivity index (χ0n) is 28.5. The van der Waals surface area contributed by atoms with E-state index in [9.17, 15) is 0 Å². The van der Waals surface area contributed by atoms with Gasteiger partial charge >= 0.3 is 21.1 Å². The third-order valence-corrected chi connectivity index (χ3v) is 10.1. The quantitative estimate of drug-likeness (QED) is 0.128. The Kier molecular flexibility index (Phi) is 7.60. The normalized spacial score (nSPS) is 11.6. The molecule has 0 aliphatic carbocycles. The van der Waals surface area contributed by atoms with Gasteiger partial charge in [0.15, 0.2) is 0 Å². The van der Waals surface area contributed by atoms with Crippen molar-refractivity contribution in [2.45, 2.75) is 0 Å². The number of fused-ring (bicyclic) bond motifs is 12. The summed E-state index contributed by atoms with van der Waals surface area (Å²) in [5.74, 6) is 1.14. The Balaban J connectivity index is 0.00000361. The van der Waals surface area contributed by atoms with E-state index in [1.165, 1.54) is 5.56 Å². The maximum Gasteiger partial charge on any atom is 2.00 e. The van der Waals surface area contributed by atoms with Crippen molar-refractivity contribution in [2.75, 3.05) is 0 Å². The van der Waals surface area contributed by atoms with Gasteiger partial charge in [0.1, 0.15) is 5.65 Å². The predicted molar refractivity (Wildman–Crippen MR) is 212 cm³/mol. The minimum atomic E-state index is 0. The minimum Gasteiger partial charge on any atom is -0.497 e. The molecule has 256 valence electrons. The van der Waals surface area contributed by atoms with Crippen molar-refractivity contribution in [3.05, 3.63) is 176 Å². The van der Waals surface area contributed by atoms with Gasteiger partial charge in [-0.05, 0) is 45.2 Å². The van der Waals surface area contributed by atoms with E-state index in [4.69, 9.17) is 19.7 Å². The van der Waals surface area contributed by atoms with Crippen molar-refractivity contribution < 1.29 is 25.8 Å². The topological polar surface area (TPSA) is 56.7 Å². The molecular formula is C47H27N5OPt. The minimum absolute atomic E-state index is 0. The number of ether oxygens (including phenoxy) is 1. The van der Waals surface area contributed by atoms with Gasteiger partial charge in [-0.2, -0.15) is 0 Å². The summed E-state index contributed by atoms with van der Waals surface area (Å²) in [6.45, 7) is 0. The fourth-order valence-corrected chi connectivity index (χ4v) is 7.67. The molecule has 0 fully saturated rings. The Bertz CT molecular complexity index is 3190. The summed E-state index contributed by atoms with van der Waals surface area (Å²) in [5.41, 5.74) is 9.96. The zero-order chi connectivity index (χ0) is 34.9. The molecule has 0 amide bonds. The van der Waals surface area contributed by atoms with Crippen LogP contribution in [-0.4, -0.2) is 23.8 Å². The third-order valence-electron chi connectivity index (χ3n) is 10.1. The second-order valence-corrected chi connectivity index (χ2v) is 13.1. The third kappa shape index (κ3) is 5.02. The smallest absolute Gasteiger partial charge is 0.497 e. The van der Waals surface area contributed by atoms with E-state index < -0.39 is 0 Å². The molecule has 0 spiro atoms. The largest absolute Gasteiger partial charge is 2.00 e. The molecule has 6 nitrogen and oxygen atoms in total. The van der Waals surface area contributed by atoms with E-state index >= 15 is 0 Å². The van der Waals surface area contributed by atoms with Gasteiger partial charge in [-0.15, -0.1) is 12.1 Å². The number of pyridine rings is 3. The van der Waals surface area contributed by atoms with Crippen LogP contribution in [0.2, 0.25) is 0 Å². The van der Waals surface area contributed by atoms with Crippen molar-refractivity contribution in [1.29, 1.82) is 0 Å². The Morgan fingerprint density at radius 2 is 0.963 bits per heavy atom. The standard InChI is InChI=1S/C47H27N5O.Pt/c1-4-11-30(12-5-1)33-18-21-38-36-22-19-34(26-40(36)46-49-28-43(51(46)42(38)25-33)31-13-6-2-7-14-31)53-35-20-23-37-39-17-10-24-48-45(39)52-44(32-15-8-3-9-16-32)29-50-47(52)41(37)27-35;/h1-25,28-29H;/q-2;+2. The molecule has 11 aromatic rings. The van der Waals surface area contributed by atoms with Gasteiger partial charge in [-0.1, -0.05) is 155 Å². The first-order valence-corrected chi connectivity index (χ1v) is 17.5. The molecule has 0 radical (unpaired) electrons. The zero-order valence-corrected chi connectivity index (χ0v) is 30.8. The summed E-state index contributed by atoms with van der Waals surface area (Å²) in [6, 6.07) is 57.2. The Morgan fingerprint density at radius 3 is 1.59 bits per heavy atom. The Labute approximate surface area is 324 Å². The van der Waals surface area contributed by atoms with E-state index in [2.05, 4.69) is 118 Å². The molecule has 7 heteroatoms. The molecule has 5 heterocycles. The summed E-state index contributed by atoms with van der Waals surface area (Å²) >= 11 is 0. The molecule has 11 rings (SSSR count). The van der Waals surface area contributed by atoms with Crippen LogP contribution in [0.3, 0.4) is 0 Å². The second kappa shape index (κ2) is 12.8. The molecule has 0 atom stereocenters. The van der Waals surface area contributed by atoms with Crippen molar-refractivity contribution in [2.24, 2.45) is 0 Å². The van der Waals surface area contributed by atoms with Gasteiger partial charge in [0.2, 0.25) is 0 Å². The molecule has 0 saturated heterocycles. The maximum absolute atomic E-state index is 6.58. The van der Waals surface area contributed by atoms with Crippen molar-refractivity contribution in [3.63, 3.8) is 0 Å². The number of nitrogens with zero attached hydrogens (tertiary/aromatic N) is 5. The number of hydrogen-bond donors (Lipinski definition) is 0. The summed E-state index contributed by atoms with van der Waals surface area (Å²) in [4.78, 5) is 14.7. The average molecular weight is 873 g/mol. The van der Waals surface area contributed by atoms with Crippen LogP contribution in [0.1, 0.15) is 0 Å². The molecule has 0 aliphatic heterocycles. The van der Waals surface area contributed by atoms with E-state index in [1.807, 2.05) is 67.1 Å². The van der Waals surface area contributed by atoms with Crippen LogP contribution in [0, 0.1) is 12.1 Å². The average Bonchev–Trinajstić information content (AvgIpc) is 3.89. The fourth-order valence-electron chi connectivity index (χ4n) is 7.67. The SMILES string of the molecule is [Pt+2].[c-]1c(Oc2[c-]c3c(cc2)c2cccnc2n2c(-c4ccccc4)cnc32)ccc2c1c1ncc(-c3ccccc3)n1c1cc(-c3ccccc3)ccc21. The van der Waals surface area contributed by atoms with Gasteiger partial charge in [0, 0.05) is 35.6 Å². The Hall–Kier alpha value is -6.62. The van der Waals surface area contributed by atoms with Crippen LogP contribution in [0.5, 0.6) is 11.5 Å². The summed E-state index contributed by atoms with van der Waals surface area (Å²) in [7, 11) is 0. The number of imidazole rings is 2. The van der Waals surface area contributed by atoms with Gasteiger partial charge < -0.3 is 13.5 Å². The Morgan fingerprint density at radius 1 is 0.426 bits per heavy atom. The van der Waals surface area contributed by atoms with Gasteiger partial charge in [0.05, 0.1) is 22.7 Å². The van der Waals surface area contributed by atoms with Crippen molar-refractivity contribution >= 4 is 54.8 Å². The number of aromatic nitrogens is 5. The summed E-state index contributed by atoms with van der Waals surface area (Å²) in [6.07, 6.45) is 5.68. The predicted octanol–water partition coefficient (Wildman–Crippen LogP) is 11.4. The number of benzene rings is 6. The molecule has 0 N–H and O–H groups in total. The first-order valence-electron chi connectivity index (χ1n) is 17.5. The first kappa shape index (κ1) is 32.1. The van der Waals surface area contributed by atoms with Crippen LogP contribution in [0.4, 0.5) is 0 Å². The van der Waals surface area contributed by atoms with Crippen LogP contribution in [-0.2, 0) is 21.1 Å². The van der Waals surface area contributed by atoms with Crippen LogP contribution in [0.15, 0.2) is 164 Å². The van der Waals surface area contributed by atoms with E-state index in [1.54, 1.807) is 0 Å². The van der Waals surface area contributed by atoms with Gasteiger partial charge in [0.25, 0.3) is 0 Å². The van der Waals surface area contributed by atoms with Crippen LogP contribution in [0.25, 0.3) is 88.4 Å². The van der Waals surface area contributed by atoms with E-state index in [0.717, 1.165) is 82.9 Å². The van der Waals surface area contributed by atoms with Crippen LogP contribution >= 0.6 is 0 Å². The summed E-state index contributed by atoms with van der Waals surface area (Å²) < 4.78 is 10.9. The molecule has 5 aromatic heterocycles. The first-order chi connectivity index (χ1) is 26.3. The summed E-state index contributed by atoms with van der Waals surface area (Å²) in [5, 5.41) is 5.93. The fraction of sp³-hybridized carbons (Fsp3) is 0. The molecule has 0 saturated carbocycles. The maximum atomic E-state index is 6.58. The molecule has 0 aliphatic rings. The molecule has 6 aromatic carbocycles. The molecular weight excluding hydrogens is 846 g/mol. The van der Waals surface area contributed by atoms with Gasteiger partial charge in [-0.25, -0.2) is 4.98 Å².